The van der Waals surface area contributed by atoms with Crippen molar-refractivity contribution in [3.05, 3.63) is 11.6 Å². The van der Waals surface area contributed by atoms with E-state index in [4.69, 9.17) is 16.3 Å². The number of rotatable bonds is 6. The smallest absolute Gasteiger partial charge is 0.226 e. The fraction of sp³-hybridized carbons (Fsp3) is 0.643. The van der Waals surface area contributed by atoms with Gasteiger partial charge in [-0.2, -0.15) is 9.97 Å². The van der Waals surface area contributed by atoms with Gasteiger partial charge in [0, 0.05) is 13.0 Å². The van der Waals surface area contributed by atoms with E-state index in [1.54, 1.807) is 10.9 Å². The number of aliphatic hydroxyl groups excluding tert-OH is 2. The van der Waals surface area contributed by atoms with Gasteiger partial charge in [-0.15, -0.1) is 0 Å². The van der Waals surface area contributed by atoms with Gasteiger partial charge in [0.05, 0.1) is 19.0 Å². The summed E-state index contributed by atoms with van der Waals surface area (Å²) in [6, 6.07) is 0. The number of unbranched alkanes of at least 4 members (excludes halogenated alkanes) is 1. The molecule has 0 aliphatic carbocycles. The van der Waals surface area contributed by atoms with Crippen molar-refractivity contribution in [3.8, 4) is 0 Å². The molecule has 0 bridgehead atoms. The van der Waals surface area contributed by atoms with E-state index in [2.05, 4.69) is 27.2 Å². The van der Waals surface area contributed by atoms with E-state index in [0.29, 0.717) is 23.4 Å². The van der Waals surface area contributed by atoms with Gasteiger partial charge in [-0.3, -0.25) is 4.57 Å². The van der Waals surface area contributed by atoms with E-state index < -0.39 is 18.4 Å². The third-order valence-electron chi connectivity index (χ3n) is 3.91. The summed E-state index contributed by atoms with van der Waals surface area (Å²) in [5.41, 5.74) is 1.15. The third-order valence-corrected chi connectivity index (χ3v) is 4.08. The Labute approximate surface area is 138 Å². The Morgan fingerprint density at radius 3 is 3.00 bits per heavy atom. The highest BCUT2D eigenvalue weighted by Gasteiger charge is 2.35. The van der Waals surface area contributed by atoms with Crippen LogP contribution in [0.3, 0.4) is 0 Å². The van der Waals surface area contributed by atoms with Gasteiger partial charge >= 0.3 is 0 Å². The summed E-state index contributed by atoms with van der Waals surface area (Å²) in [5, 5.41) is 22.4. The molecule has 9 heteroatoms. The molecule has 3 heterocycles. The fourth-order valence-electron chi connectivity index (χ4n) is 2.66. The Morgan fingerprint density at radius 1 is 1.48 bits per heavy atom. The fourth-order valence-corrected chi connectivity index (χ4v) is 2.82. The Bertz CT molecular complexity index is 680. The van der Waals surface area contributed by atoms with Crippen molar-refractivity contribution in [2.24, 2.45) is 0 Å². The zero-order valence-electron chi connectivity index (χ0n) is 12.8. The Morgan fingerprint density at radius 2 is 2.30 bits per heavy atom. The quantitative estimate of drug-likeness (QED) is 0.537. The second-order valence-corrected chi connectivity index (χ2v) is 5.90. The number of ether oxygens (including phenoxy) is 1. The van der Waals surface area contributed by atoms with Crippen LogP contribution in [0.25, 0.3) is 11.2 Å². The number of imidazole rings is 1. The minimum absolute atomic E-state index is 0.121. The number of nitrogens with one attached hydrogen (secondary N) is 1. The SMILES string of the molecule is CCCCNc1nc(Cl)nc2c1ncn2[C@@H]1C[C@H](O)[C@@H](CO)O1. The zero-order chi connectivity index (χ0) is 16.4. The molecule has 0 radical (unpaired) electrons. The molecule has 8 nitrogen and oxygen atoms in total. The first kappa shape index (κ1) is 16.4. The summed E-state index contributed by atoms with van der Waals surface area (Å²) in [5.74, 6) is 0.587. The lowest BCUT2D eigenvalue weighted by Crippen LogP contribution is -2.24. The van der Waals surface area contributed by atoms with Gasteiger partial charge in [0.1, 0.15) is 12.3 Å². The number of hydrogen-bond acceptors (Lipinski definition) is 7. The number of aliphatic hydroxyl groups is 2. The molecule has 0 aromatic carbocycles. The van der Waals surface area contributed by atoms with Crippen molar-refractivity contribution >= 4 is 28.6 Å². The van der Waals surface area contributed by atoms with Crippen molar-refractivity contribution < 1.29 is 14.9 Å². The van der Waals surface area contributed by atoms with Crippen LogP contribution in [0.2, 0.25) is 5.28 Å². The first-order valence-corrected chi connectivity index (χ1v) is 8.10. The molecule has 126 valence electrons. The van der Waals surface area contributed by atoms with Crippen LogP contribution in [-0.2, 0) is 4.74 Å². The maximum atomic E-state index is 9.89. The Balaban J connectivity index is 1.91. The van der Waals surface area contributed by atoms with Crippen LogP contribution < -0.4 is 5.32 Å². The zero-order valence-corrected chi connectivity index (χ0v) is 13.6. The molecule has 3 N–H and O–H groups in total. The summed E-state index contributed by atoms with van der Waals surface area (Å²) in [6.07, 6.45) is 2.27. The summed E-state index contributed by atoms with van der Waals surface area (Å²) < 4.78 is 7.37. The first-order chi connectivity index (χ1) is 11.1. The van der Waals surface area contributed by atoms with Crippen LogP contribution in [0.5, 0.6) is 0 Å². The highest BCUT2D eigenvalue weighted by atomic mass is 35.5. The van der Waals surface area contributed by atoms with Crippen LogP contribution in [0.1, 0.15) is 32.4 Å². The molecule has 0 unspecified atom stereocenters. The lowest BCUT2D eigenvalue weighted by Gasteiger charge is -2.14. The average molecular weight is 342 g/mol. The maximum absolute atomic E-state index is 9.89. The van der Waals surface area contributed by atoms with Crippen molar-refractivity contribution in [1.82, 2.24) is 19.5 Å². The minimum Gasteiger partial charge on any atom is -0.394 e. The van der Waals surface area contributed by atoms with E-state index in [0.717, 1.165) is 19.4 Å². The standard InChI is InChI=1S/C14H20ClN5O3/c1-2-3-4-16-12-11-13(19-14(15)18-12)20(7-17-11)10-5-8(22)9(6-21)23-10/h7-10,21-22H,2-6H2,1H3,(H,16,18,19)/t8-,9+,10-/m0/s1. The molecule has 0 spiro atoms. The van der Waals surface area contributed by atoms with Gasteiger partial charge in [-0.1, -0.05) is 13.3 Å². The van der Waals surface area contributed by atoms with Gasteiger partial charge in [-0.05, 0) is 18.0 Å². The van der Waals surface area contributed by atoms with Gasteiger partial charge in [0.15, 0.2) is 17.0 Å². The Hall–Kier alpha value is -1.48. The lowest BCUT2D eigenvalue weighted by molar-refractivity contribution is -0.0432. The van der Waals surface area contributed by atoms with Crippen molar-refractivity contribution in [1.29, 1.82) is 0 Å². The van der Waals surface area contributed by atoms with E-state index in [-0.39, 0.29) is 11.9 Å². The second-order valence-electron chi connectivity index (χ2n) is 5.56. The molecule has 2 aromatic rings. The highest BCUT2D eigenvalue weighted by molar-refractivity contribution is 6.28. The average Bonchev–Trinajstić information content (AvgIpc) is 3.10. The number of aromatic nitrogens is 4. The molecule has 1 aliphatic heterocycles. The summed E-state index contributed by atoms with van der Waals surface area (Å²) in [7, 11) is 0. The van der Waals surface area contributed by atoms with E-state index in [1.165, 1.54) is 0 Å². The van der Waals surface area contributed by atoms with E-state index >= 15 is 0 Å². The number of fused-ring (bicyclic) bond motifs is 1. The largest absolute Gasteiger partial charge is 0.394 e. The summed E-state index contributed by atoms with van der Waals surface area (Å²) >= 11 is 6.02. The number of halogens is 1. The molecular weight excluding hydrogens is 322 g/mol. The molecule has 1 fully saturated rings. The van der Waals surface area contributed by atoms with Crippen molar-refractivity contribution in [3.63, 3.8) is 0 Å². The number of nitrogens with zero attached hydrogens (tertiary/aromatic N) is 4. The molecule has 3 atom stereocenters. The van der Waals surface area contributed by atoms with Gasteiger partial charge in [0.2, 0.25) is 5.28 Å². The van der Waals surface area contributed by atoms with Crippen molar-refractivity contribution in [2.75, 3.05) is 18.5 Å². The predicted molar refractivity (Wildman–Crippen MR) is 85.4 cm³/mol. The van der Waals surface area contributed by atoms with Gasteiger partial charge in [0.25, 0.3) is 0 Å². The third kappa shape index (κ3) is 3.25. The summed E-state index contributed by atoms with van der Waals surface area (Å²) in [4.78, 5) is 12.8. The number of anilines is 1. The Kier molecular flexibility index (Phi) is 4.96. The van der Waals surface area contributed by atoms with Crippen LogP contribution in [0.15, 0.2) is 6.33 Å². The molecule has 1 saturated heterocycles. The molecule has 3 rings (SSSR count). The van der Waals surface area contributed by atoms with Crippen molar-refractivity contribution in [2.45, 2.75) is 44.6 Å². The van der Waals surface area contributed by atoms with Crippen LogP contribution >= 0.6 is 11.6 Å². The predicted octanol–water partition coefficient (Wildman–Crippen LogP) is 1.33. The van der Waals surface area contributed by atoms with Crippen LogP contribution in [0.4, 0.5) is 5.82 Å². The van der Waals surface area contributed by atoms with Crippen LogP contribution in [-0.4, -0.2) is 55.1 Å². The van der Waals surface area contributed by atoms with E-state index in [1.807, 2.05) is 0 Å². The monoisotopic (exact) mass is 341 g/mol. The topological polar surface area (TPSA) is 105 Å². The van der Waals surface area contributed by atoms with Gasteiger partial charge < -0.3 is 20.3 Å². The first-order valence-electron chi connectivity index (χ1n) is 7.72. The highest BCUT2D eigenvalue weighted by Crippen LogP contribution is 2.32. The molecule has 2 aromatic heterocycles. The van der Waals surface area contributed by atoms with Gasteiger partial charge in [-0.25, -0.2) is 4.98 Å². The minimum atomic E-state index is -0.720. The normalized spacial score (nSPS) is 24.4. The second kappa shape index (κ2) is 6.96. The summed E-state index contributed by atoms with van der Waals surface area (Å²) in [6.45, 7) is 2.65. The molecule has 23 heavy (non-hydrogen) atoms. The van der Waals surface area contributed by atoms with Crippen LogP contribution in [0, 0.1) is 0 Å². The van der Waals surface area contributed by atoms with E-state index in [9.17, 15) is 10.2 Å². The molecular formula is C14H20ClN5O3. The molecule has 0 saturated carbocycles. The molecule has 0 amide bonds. The molecule has 1 aliphatic rings. The lowest BCUT2D eigenvalue weighted by atomic mass is 10.2. The maximum Gasteiger partial charge on any atom is 0.226 e. The number of hydrogen-bond donors (Lipinski definition) is 3.